The van der Waals surface area contributed by atoms with Crippen LogP contribution in [0.5, 0.6) is 11.5 Å². The van der Waals surface area contributed by atoms with E-state index >= 15 is 0 Å². The van der Waals surface area contributed by atoms with Gasteiger partial charge in [0.25, 0.3) is 11.6 Å². The molecule has 9 heteroatoms. The van der Waals surface area contributed by atoms with Crippen molar-refractivity contribution in [2.75, 3.05) is 19.9 Å². The van der Waals surface area contributed by atoms with Gasteiger partial charge in [-0.1, -0.05) is 12.1 Å². The van der Waals surface area contributed by atoms with E-state index in [1.165, 1.54) is 30.0 Å². The van der Waals surface area contributed by atoms with Crippen LogP contribution in [0.4, 0.5) is 5.69 Å². The lowest BCUT2D eigenvalue weighted by Gasteiger charge is -2.21. The fourth-order valence-corrected chi connectivity index (χ4v) is 2.97. The molecule has 1 amide bonds. The Bertz CT molecular complexity index is 958. The minimum Gasteiger partial charge on any atom is -0.454 e. The lowest BCUT2D eigenvalue weighted by atomic mass is 10.1. The molecule has 152 valence electrons. The number of amides is 1. The summed E-state index contributed by atoms with van der Waals surface area (Å²) < 4.78 is 15.7. The Morgan fingerprint density at radius 3 is 2.69 bits per heavy atom. The molecule has 29 heavy (non-hydrogen) atoms. The molecule has 9 nitrogen and oxygen atoms in total. The predicted molar refractivity (Wildman–Crippen MR) is 102 cm³/mol. The molecule has 2 aromatic rings. The molecular formula is C20H20N2O7. The molecule has 0 fully saturated rings. The quantitative estimate of drug-likeness (QED) is 0.399. The number of likely N-dealkylation sites (N-methyl/N-ethyl adjacent to an activating group) is 1. The van der Waals surface area contributed by atoms with Gasteiger partial charge in [-0.2, -0.15) is 0 Å². The third-order valence-corrected chi connectivity index (χ3v) is 4.59. The number of carbonyl (C=O) groups excluding carboxylic acids is 2. The zero-order valence-corrected chi connectivity index (χ0v) is 16.0. The van der Waals surface area contributed by atoms with Gasteiger partial charge in [0, 0.05) is 24.7 Å². The Kier molecular flexibility index (Phi) is 5.96. The fraction of sp³-hybridized carbons (Fsp3) is 0.300. The first-order valence-corrected chi connectivity index (χ1v) is 8.98. The average Bonchev–Trinajstić information content (AvgIpc) is 3.17. The molecule has 1 heterocycles. The van der Waals surface area contributed by atoms with E-state index in [0.29, 0.717) is 24.6 Å². The van der Waals surface area contributed by atoms with Gasteiger partial charge in [0.2, 0.25) is 6.79 Å². The van der Waals surface area contributed by atoms with Crippen LogP contribution in [0.3, 0.4) is 0 Å². The number of carbonyl (C=O) groups is 2. The van der Waals surface area contributed by atoms with Crippen LogP contribution in [-0.2, 0) is 16.1 Å². The Balaban J connectivity index is 1.62. The van der Waals surface area contributed by atoms with Crippen LogP contribution in [0.2, 0.25) is 0 Å². The second-order valence-corrected chi connectivity index (χ2v) is 6.38. The molecule has 0 saturated carbocycles. The molecule has 0 radical (unpaired) electrons. The van der Waals surface area contributed by atoms with Crippen molar-refractivity contribution in [1.29, 1.82) is 0 Å². The highest BCUT2D eigenvalue weighted by molar-refractivity contribution is 5.93. The first-order chi connectivity index (χ1) is 13.9. The van der Waals surface area contributed by atoms with Gasteiger partial charge in [-0.05, 0) is 37.6 Å². The van der Waals surface area contributed by atoms with E-state index in [9.17, 15) is 19.7 Å². The molecule has 3 rings (SSSR count). The third-order valence-electron chi connectivity index (χ3n) is 4.59. The summed E-state index contributed by atoms with van der Waals surface area (Å²) in [5, 5.41) is 11.0. The van der Waals surface area contributed by atoms with Gasteiger partial charge in [0.1, 0.15) is 0 Å². The number of nitro benzene ring substituents is 1. The Labute approximate surface area is 166 Å². The minimum atomic E-state index is -0.779. The van der Waals surface area contributed by atoms with Crippen LogP contribution in [0.25, 0.3) is 0 Å². The van der Waals surface area contributed by atoms with Crippen molar-refractivity contribution in [1.82, 2.24) is 4.90 Å². The highest BCUT2D eigenvalue weighted by Gasteiger charge is 2.21. The summed E-state index contributed by atoms with van der Waals surface area (Å²) >= 11 is 0. The smallest absolute Gasteiger partial charge is 0.339 e. The van der Waals surface area contributed by atoms with Gasteiger partial charge in [-0.3, -0.25) is 14.9 Å². The number of hydrogen-bond acceptors (Lipinski definition) is 7. The summed E-state index contributed by atoms with van der Waals surface area (Å²) in [7, 11) is 0. The number of esters is 1. The highest BCUT2D eigenvalue weighted by atomic mass is 16.7. The van der Waals surface area contributed by atoms with Crippen molar-refractivity contribution < 1.29 is 28.7 Å². The summed E-state index contributed by atoms with van der Waals surface area (Å²) in [6, 6.07) is 9.56. The Morgan fingerprint density at radius 1 is 1.21 bits per heavy atom. The standard InChI is InChI=1S/C20H20N2O7/c1-3-21(10-14-7-8-17-18(9-14)29-12-28-17)19(23)11-27-20(24)15-5-4-6-16(13(15)2)22(25)26/h4-9H,3,10-12H2,1-2H3. The van der Waals surface area contributed by atoms with Gasteiger partial charge >= 0.3 is 5.97 Å². The summed E-state index contributed by atoms with van der Waals surface area (Å²) in [5.41, 5.74) is 0.933. The summed E-state index contributed by atoms with van der Waals surface area (Å²) in [5.74, 6) is 0.128. The van der Waals surface area contributed by atoms with Gasteiger partial charge in [0.15, 0.2) is 18.1 Å². The van der Waals surface area contributed by atoms with Crippen LogP contribution in [-0.4, -0.2) is 41.6 Å². The molecule has 0 saturated heterocycles. The SMILES string of the molecule is CCN(Cc1ccc2c(c1)OCO2)C(=O)COC(=O)c1cccc([N+](=O)[O-])c1C. The van der Waals surface area contributed by atoms with Crippen LogP contribution in [0, 0.1) is 17.0 Å². The second kappa shape index (κ2) is 8.59. The van der Waals surface area contributed by atoms with E-state index in [-0.39, 0.29) is 29.5 Å². The summed E-state index contributed by atoms with van der Waals surface area (Å²) in [4.78, 5) is 36.8. The van der Waals surface area contributed by atoms with E-state index in [1.54, 1.807) is 12.1 Å². The number of rotatable bonds is 7. The number of hydrogen-bond donors (Lipinski definition) is 0. The Hall–Kier alpha value is -3.62. The molecule has 0 N–H and O–H groups in total. The summed E-state index contributed by atoms with van der Waals surface area (Å²) in [6.45, 7) is 3.73. The van der Waals surface area contributed by atoms with Crippen LogP contribution in [0.1, 0.15) is 28.4 Å². The van der Waals surface area contributed by atoms with Crippen molar-refractivity contribution >= 4 is 17.6 Å². The number of nitrogens with zero attached hydrogens (tertiary/aromatic N) is 2. The van der Waals surface area contributed by atoms with E-state index in [4.69, 9.17) is 14.2 Å². The maximum Gasteiger partial charge on any atom is 0.339 e. The molecular weight excluding hydrogens is 380 g/mol. The van der Waals surface area contributed by atoms with Crippen molar-refractivity contribution in [3.8, 4) is 11.5 Å². The van der Waals surface area contributed by atoms with E-state index in [2.05, 4.69) is 0 Å². The van der Waals surface area contributed by atoms with Crippen molar-refractivity contribution in [3.63, 3.8) is 0 Å². The zero-order chi connectivity index (χ0) is 21.0. The number of ether oxygens (including phenoxy) is 3. The van der Waals surface area contributed by atoms with Gasteiger partial charge in [-0.15, -0.1) is 0 Å². The maximum absolute atomic E-state index is 12.5. The highest BCUT2D eigenvalue weighted by Crippen LogP contribution is 2.32. The molecule has 0 bridgehead atoms. The molecule has 0 aliphatic carbocycles. The van der Waals surface area contributed by atoms with Crippen molar-refractivity contribution in [3.05, 3.63) is 63.2 Å². The van der Waals surface area contributed by atoms with Crippen LogP contribution in [0.15, 0.2) is 36.4 Å². The minimum absolute atomic E-state index is 0.0609. The van der Waals surface area contributed by atoms with Crippen LogP contribution >= 0.6 is 0 Å². The molecule has 0 aromatic heterocycles. The van der Waals surface area contributed by atoms with Gasteiger partial charge in [-0.25, -0.2) is 4.79 Å². The van der Waals surface area contributed by atoms with E-state index in [1.807, 2.05) is 13.0 Å². The van der Waals surface area contributed by atoms with E-state index in [0.717, 1.165) is 5.56 Å². The van der Waals surface area contributed by atoms with Gasteiger partial charge < -0.3 is 19.1 Å². The van der Waals surface area contributed by atoms with Crippen LogP contribution < -0.4 is 9.47 Å². The van der Waals surface area contributed by atoms with E-state index < -0.39 is 17.5 Å². The molecule has 0 unspecified atom stereocenters. The molecule has 0 atom stereocenters. The molecule has 1 aliphatic rings. The van der Waals surface area contributed by atoms with Crippen molar-refractivity contribution in [2.24, 2.45) is 0 Å². The zero-order valence-electron chi connectivity index (χ0n) is 16.0. The average molecular weight is 400 g/mol. The van der Waals surface area contributed by atoms with Crippen molar-refractivity contribution in [2.45, 2.75) is 20.4 Å². The number of nitro groups is 1. The fourth-order valence-electron chi connectivity index (χ4n) is 2.97. The normalized spacial score (nSPS) is 11.8. The monoisotopic (exact) mass is 400 g/mol. The largest absolute Gasteiger partial charge is 0.454 e. The molecule has 0 spiro atoms. The summed E-state index contributed by atoms with van der Waals surface area (Å²) in [6.07, 6.45) is 0. The first kappa shape index (κ1) is 20.1. The number of benzene rings is 2. The second-order valence-electron chi connectivity index (χ2n) is 6.38. The topological polar surface area (TPSA) is 108 Å². The van der Waals surface area contributed by atoms with Gasteiger partial charge in [0.05, 0.1) is 10.5 Å². The third kappa shape index (κ3) is 4.45. The molecule has 2 aromatic carbocycles. The lowest BCUT2D eigenvalue weighted by Crippen LogP contribution is -2.34. The number of fused-ring (bicyclic) bond motifs is 1. The Morgan fingerprint density at radius 2 is 1.97 bits per heavy atom. The molecule has 1 aliphatic heterocycles. The maximum atomic E-state index is 12.5. The predicted octanol–water partition coefficient (Wildman–Crippen LogP) is 2.84. The first-order valence-electron chi connectivity index (χ1n) is 8.98. The lowest BCUT2D eigenvalue weighted by molar-refractivity contribution is -0.385.